The molecule has 51 heavy (non-hydrogen) atoms. The van der Waals surface area contributed by atoms with E-state index < -0.39 is 161 Å². The summed E-state index contributed by atoms with van der Waals surface area (Å²) in [6.45, 7) is 2.99. The van der Waals surface area contributed by atoms with Crippen molar-refractivity contribution in [2.75, 3.05) is 13.2 Å². The molecule has 0 spiro atoms. The van der Waals surface area contributed by atoms with Gasteiger partial charge in [-0.2, -0.15) is 0 Å². The van der Waals surface area contributed by atoms with Crippen molar-refractivity contribution in [3.63, 3.8) is 0 Å². The van der Waals surface area contributed by atoms with Gasteiger partial charge in [-0.05, 0) is 20.8 Å². The van der Waals surface area contributed by atoms with E-state index in [1.54, 1.807) is 0 Å². The van der Waals surface area contributed by atoms with Crippen LogP contribution >= 0.6 is 0 Å². The fraction of sp³-hybridized carbons (Fsp3) is 1.00. The van der Waals surface area contributed by atoms with Crippen molar-refractivity contribution in [1.29, 1.82) is 0 Å². The number of aliphatic hydroxyl groups is 13. The zero-order valence-electron chi connectivity index (χ0n) is 27.8. The Labute approximate surface area is 290 Å². The molecule has 298 valence electrons. The van der Waals surface area contributed by atoms with Gasteiger partial charge in [0.05, 0.1) is 31.5 Å². The second kappa shape index (κ2) is 16.9. The van der Waals surface area contributed by atoms with Gasteiger partial charge < -0.3 is 109 Å². The molecule has 22 heteroatoms. The molecule has 5 heterocycles. The highest BCUT2D eigenvalue weighted by molar-refractivity contribution is 4.96. The number of hydrogen-bond acceptors (Lipinski definition) is 22. The summed E-state index contributed by atoms with van der Waals surface area (Å²) in [5, 5.41) is 135. The van der Waals surface area contributed by atoms with Crippen LogP contribution in [0.15, 0.2) is 0 Å². The predicted molar refractivity (Wildman–Crippen MR) is 156 cm³/mol. The van der Waals surface area contributed by atoms with Gasteiger partial charge in [-0.15, -0.1) is 0 Å². The van der Waals surface area contributed by atoms with Crippen molar-refractivity contribution in [3.05, 3.63) is 0 Å². The van der Waals surface area contributed by atoms with Gasteiger partial charge in [0.1, 0.15) is 97.7 Å². The van der Waals surface area contributed by atoms with Crippen molar-refractivity contribution in [2.24, 2.45) is 0 Å². The Hall–Kier alpha value is -0.880. The first-order valence-electron chi connectivity index (χ1n) is 16.6. The molecule has 13 N–H and O–H groups in total. The summed E-state index contributed by atoms with van der Waals surface area (Å²) in [6.07, 6.45) is -37.9. The summed E-state index contributed by atoms with van der Waals surface area (Å²) in [7, 11) is 0. The monoisotopic (exact) mass is 750 g/mol. The summed E-state index contributed by atoms with van der Waals surface area (Å²) >= 11 is 0. The SMILES string of the molecule is C[C@@H]1O[C@@H](O[C@H]2[C@@H](O)[C@@H](C)O[C@@H](O)[C@@H]2O[C@@H]2O[C@@H](C)[C@H](O[C@@H]3OC[C@@H](O[C@@H]4O[C@H](CO)[C@H](O)[C@H](O)[C@H]4O)[C@H](O)[C@H]3O)[C@@H](O)[C@H]2O)[C@H](O)[C@H](O)[C@H]1O. The van der Waals surface area contributed by atoms with Crippen LogP contribution in [-0.4, -0.2) is 227 Å². The smallest absolute Gasteiger partial charge is 0.187 e. The van der Waals surface area contributed by atoms with Crippen molar-refractivity contribution >= 4 is 0 Å². The maximum Gasteiger partial charge on any atom is 0.187 e. The Morgan fingerprint density at radius 2 is 0.922 bits per heavy atom. The largest absolute Gasteiger partial charge is 0.394 e. The Kier molecular flexibility index (Phi) is 13.7. The molecule has 0 aliphatic carbocycles. The van der Waals surface area contributed by atoms with Crippen molar-refractivity contribution in [2.45, 2.75) is 168 Å². The van der Waals surface area contributed by atoms with Crippen LogP contribution < -0.4 is 0 Å². The summed E-state index contributed by atoms with van der Waals surface area (Å²) in [4.78, 5) is 0. The van der Waals surface area contributed by atoms with Gasteiger partial charge in [-0.25, -0.2) is 0 Å². The van der Waals surface area contributed by atoms with E-state index in [1.807, 2.05) is 0 Å². The topological polar surface area (TPSA) is 346 Å². The molecule has 5 aliphatic rings. The third-order valence-corrected chi connectivity index (χ3v) is 9.83. The van der Waals surface area contributed by atoms with E-state index in [4.69, 9.17) is 42.6 Å². The van der Waals surface area contributed by atoms with Crippen LogP contribution in [0.5, 0.6) is 0 Å². The summed E-state index contributed by atoms with van der Waals surface area (Å²) in [5.74, 6) is 0. The van der Waals surface area contributed by atoms with E-state index in [2.05, 4.69) is 0 Å². The third-order valence-electron chi connectivity index (χ3n) is 9.83. The van der Waals surface area contributed by atoms with Crippen LogP contribution in [0.4, 0.5) is 0 Å². The third kappa shape index (κ3) is 8.37. The van der Waals surface area contributed by atoms with Gasteiger partial charge >= 0.3 is 0 Å². The first-order chi connectivity index (χ1) is 24.0. The molecule has 5 fully saturated rings. The number of rotatable bonds is 9. The molecule has 5 aliphatic heterocycles. The molecule has 0 saturated carbocycles. The van der Waals surface area contributed by atoms with E-state index in [0.717, 1.165) is 0 Å². The summed E-state index contributed by atoms with van der Waals surface area (Å²) in [5.41, 5.74) is 0. The van der Waals surface area contributed by atoms with Crippen LogP contribution in [0.3, 0.4) is 0 Å². The Balaban J connectivity index is 1.20. The number of hydrogen-bond donors (Lipinski definition) is 13. The minimum absolute atomic E-state index is 0.486. The molecule has 0 aromatic rings. The fourth-order valence-corrected chi connectivity index (χ4v) is 6.56. The molecular formula is C29H50O22. The van der Waals surface area contributed by atoms with Crippen LogP contribution in [0, 0.1) is 0 Å². The lowest BCUT2D eigenvalue weighted by molar-refractivity contribution is -0.391. The van der Waals surface area contributed by atoms with Crippen molar-refractivity contribution in [1.82, 2.24) is 0 Å². The van der Waals surface area contributed by atoms with Gasteiger partial charge in [0.2, 0.25) is 0 Å². The van der Waals surface area contributed by atoms with Gasteiger partial charge in [0.15, 0.2) is 31.5 Å². The predicted octanol–water partition coefficient (Wildman–Crippen LogP) is -8.20. The minimum Gasteiger partial charge on any atom is -0.394 e. The Morgan fingerprint density at radius 3 is 1.55 bits per heavy atom. The molecule has 0 aromatic heterocycles. The van der Waals surface area contributed by atoms with E-state index in [-0.39, 0.29) is 0 Å². The van der Waals surface area contributed by atoms with E-state index in [9.17, 15) is 66.4 Å². The first-order valence-corrected chi connectivity index (χ1v) is 16.6. The molecule has 0 unspecified atom stereocenters. The molecule has 0 radical (unpaired) electrons. The highest BCUT2D eigenvalue weighted by atomic mass is 16.8. The molecule has 5 saturated heterocycles. The molecule has 24 atom stereocenters. The highest BCUT2D eigenvalue weighted by Crippen LogP contribution is 2.34. The molecular weight excluding hydrogens is 700 g/mol. The maximum absolute atomic E-state index is 11.0. The van der Waals surface area contributed by atoms with Crippen LogP contribution in [-0.2, 0) is 42.6 Å². The molecule has 0 bridgehead atoms. The van der Waals surface area contributed by atoms with Crippen LogP contribution in [0.25, 0.3) is 0 Å². The standard InChI is InChI=1S/C29H50O22/c1-6-11(31)15(35)19(39)27(45-6)50-23-12(32)7(2)44-25(42)24(23)51-28-21(41)17(37)22(8(3)46-28)49-26-18(38)14(34)10(5-43-26)48-29-20(40)16(36)13(33)9(4-30)47-29/h6-42H,4-5H2,1-3H3/t6-,7+,8-,9+,10+,11-,12-,13-,14-,15+,16-,17-,18+,19+,20+,21+,22-,23-,24+,25+,26-,27-,28-,29-/m0/s1. The molecule has 5 rings (SSSR count). The van der Waals surface area contributed by atoms with Gasteiger partial charge in [-0.3, -0.25) is 0 Å². The second-order valence-electron chi connectivity index (χ2n) is 13.5. The van der Waals surface area contributed by atoms with E-state index in [0.29, 0.717) is 0 Å². The fourth-order valence-electron chi connectivity index (χ4n) is 6.56. The highest BCUT2D eigenvalue weighted by Gasteiger charge is 2.54. The normalized spacial score (nSPS) is 55.8. The van der Waals surface area contributed by atoms with E-state index >= 15 is 0 Å². The van der Waals surface area contributed by atoms with Crippen molar-refractivity contribution < 1.29 is 109 Å². The van der Waals surface area contributed by atoms with Gasteiger partial charge in [0.25, 0.3) is 0 Å². The van der Waals surface area contributed by atoms with Crippen LogP contribution in [0.2, 0.25) is 0 Å². The van der Waals surface area contributed by atoms with E-state index in [1.165, 1.54) is 20.8 Å². The number of ether oxygens (including phenoxy) is 9. The zero-order chi connectivity index (χ0) is 37.6. The second-order valence-corrected chi connectivity index (χ2v) is 13.5. The van der Waals surface area contributed by atoms with Crippen molar-refractivity contribution in [3.8, 4) is 0 Å². The summed E-state index contributed by atoms with van der Waals surface area (Å²) < 4.78 is 49.9. The average Bonchev–Trinajstić information content (AvgIpc) is 3.09. The molecule has 0 aromatic carbocycles. The quantitative estimate of drug-likeness (QED) is 0.104. The zero-order valence-corrected chi connectivity index (χ0v) is 27.8. The lowest BCUT2D eigenvalue weighted by Gasteiger charge is -2.48. The Bertz CT molecular complexity index is 1110. The maximum atomic E-state index is 11.0. The summed E-state index contributed by atoms with van der Waals surface area (Å²) in [6, 6.07) is 0. The van der Waals surface area contributed by atoms with Crippen LogP contribution in [0.1, 0.15) is 20.8 Å². The van der Waals surface area contributed by atoms with Gasteiger partial charge in [0, 0.05) is 0 Å². The Morgan fingerprint density at radius 1 is 0.431 bits per heavy atom. The van der Waals surface area contributed by atoms with Gasteiger partial charge in [-0.1, -0.05) is 0 Å². The lowest BCUT2D eigenvalue weighted by atomic mass is 9.96. The first kappa shape index (κ1) is 41.3. The number of aliphatic hydroxyl groups excluding tert-OH is 13. The molecule has 22 nitrogen and oxygen atoms in total. The average molecular weight is 751 g/mol. The molecule has 0 amide bonds. The lowest BCUT2D eigenvalue weighted by Crippen LogP contribution is -2.66. The minimum atomic E-state index is -1.92.